The molecule has 0 aromatic carbocycles. The molecule has 0 aromatic heterocycles. The highest BCUT2D eigenvalue weighted by Crippen LogP contribution is 2.42. The fourth-order valence-electron chi connectivity index (χ4n) is 1.24. The number of aliphatic imine (C=N–C) groups is 2. The second kappa shape index (κ2) is 6.81. The van der Waals surface area contributed by atoms with Crippen LogP contribution in [-0.2, 0) is 0 Å². The number of hydrogen-bond acceptors (Lipinski definition) is 5. The van der Waals surface area contributed by atoms with Crippen molar-refractivity contribution in [3.8, 4) is 0 Å². The van der Waals surface area contributed by atoms with Crippen LogP contribution < -0.4 is 5.32 Å². The van der Waals surface area contributed by atoms with Crippen LogP contribution in [0.1, 0.15) is 27.7 Å². The van der Waals surface area contributed by atoms with Crippen LogP contribution >= 0.6 is 21.6 Å². The zero-order valence-corrected chi connectivity index (χ0v) is 12.8. The maximum absolute atomic E-state index is 4.47. The van der Waals surface area contributed by atoms with E-state index in [0.717, 1.165) is 26.2 Å². The zero-order chi connectivity index (χ0) is 12.8. The van der Waals surface area contributed by atoms with Crippen LogP contribution in [0.4, 0.5) is 0 Å². The molecule has 0 amide bonds. The van der Waals surface area contributed by atoms with E-state index in [-0.39, 0.29) is 9.49 Å². The number of rotatable bonds is 0. The minimum atomic E-state index is 0.0732. The van der Waals surface area contributed by atoms with Crippen molar-refractivity contribution in [2.24, 2.45) is 9.98 Å². The summed E-state index contributed by atoms with van der Waals surface area (Å²) >= 11 is 0. The molecule has 1 aliphatic heterocycles. The lowest BCUT2D eigenvalue weighted by atomic mass is 10.2. The molecule has 0 aliphatic carbocycles. The highest BCUT2D eigenvalue weighted by atomic mass is 33.1. The van der Waals surface area contributed by atoms with Gasteiger partial charge >= 0.3 is 0 Å². The van der Waals surface area contributed by atoms with Gasteiger partial charge in [-0.3, -0.25) is 9.98 Å². The van der Waals surface area contributed by atoms with E-state index in [1.807, 2.05) is 21.6 Å². The quantitative estimate of drug-likeness (QED) is 0.689. The number of nitrogens with one attached hydrogen (secondary N) is 1. The zero-order valence-electron chi connectivity index (χ0n) is 11.2. The molecular formula is C12H23N3S2. The molecule has 98 valence electrons. The largest absolute Gasteiger partial charge is 0.313 e. The Labute approximate surface area is 113 Å². The van der Waals surface area contributed by atoms with Gasteiger partial charge in [-0.05, 0) is 27.7 Å². The summed E-state index contributed by atoms with van der Waals surface area (Å²) in [6, 6.07) is 0. The van der Waals surface area contributed by atoms with Crippen molar-refractivity contribution < 1.29 is 0 Å². The summed E-state index contributed by atoms with van der Waals surface area (Å²) in [6.45, 7) is 12.4. The smallest absolute Gasteiger partial charge is 0.0554 e. The lowest BCUT2D eigenvalue weighted by Gasteiger charge is -2.24. The van der Waals surface area contributed by atoms with Gasteiger partial charge in [0.05, 0.1) is 22.6 Å². The van der Waals surface area contributed by atoms with E-state index >= 15 is 0 Å². The van der Waals surface area contributed by atoms with Crippen LogP contribution in [0.5, 0.6) is 0 Å². The SMILES string of the molecule is CC1(C)C=NCCNCCN=CC(C)(C)SS1. The van der Waals surface area contributed by atoms with Gasteiger partial charge in [0, 0.05) is 25.5 Å². The fraction of sp³-hybridized carbons (Fsp3) is 0.833. The third-order valence-corrected chi connectivity index (χ3v) is 6.09. The molecule has 1 N–H and O–H groups in total. The summed E-state index contributed by atoms with van der Waals surface area (Å²) < 4.78 is 0.146. The van der Waals surface area contributed by atoms with E-state index in [0.29, 0.717) is 0 Å². The Morgan fingerprint density at radius 2 is 1.29 bits per heavy atom. The molecule has 0 radical (unpaired) electrons. The first-order chi connectivity index (χ1) is 7.91. The van der Waals surface area contributed by atoms with Gasteiger partial charge in [0.2, 0.25) is 0 Å². The van der Waals surface area contributed by atoms with Gasteiger partial charge < -0.3 is 5.32 Å². The molecule has 0 unspecified atom stereocenters. The Balaban J connectivity index is 2.65. The van der Waals surface area contributed by atoms with E-state index in [4.69, 9.17) is 0 Å². The first kappa shape index (κ1) is 15.1. The van der Waals surface area contributed by atoms with Crippen LogP contribution in [0.15, 0.2) is 9.98 Å². The van der Waals surface area contributed by atoms with Crippen LogP contribution in [0.2, 0.25) is 0 Å². The van der Waals surface area contributed by atoms with Crippen molar-refractivity contribution >= 4 is 34.0 Å². The Bertz CT molecular complexity index is 257. The lowest BCUT2D eigenvalue weighted by Crippen LogP contribution is -2.22. The normalized spacial score (nSPS) is 25.6. The molecule has 1 heterocycles. The van der Waals surface area contributed by atoms with Crippen molar-refractivity contribution in [1.82, 2.24) is 5.32 Å². The molecule has 0 bridgehead atoms. The highest BCUT2D eigenvalue weighted by Gasteiger charge is 2.23. The molecule has 17 heavy (non-hydrogen) atoms. The first-order valence-electron chi connectivity index (χ1n) is 6.01. The molecule has 1 aliphatic rings. The Kier molecular flexibility index (Phi) is 6.03. The molecule has 0 fully saturated rings. The average Bonchev–Trinajstić information content (AvgIpc) is 2.24. The van der Waals surface area contributed by atoms with Crippen molar-refractivity contribution in [3.63, 3.8) is 0 Å². The van der Waals surface area contributed by atoms with Crippen molar-refractivity contribution in [2.45, 2.75) is 37.2 Å². The summed E-state index contributed by atoms with van der Waals surface area (Å²) in [4.78, 5) is 8.95. The van der Waals surface area contributed by atoms with Crippen LogP contribution in [-0.4, -0.2) is 48.1 Å². The molecular weight excluding hydrogens is 250 g/mol. The summed E-state index contributed by atoms with van der Waals surface area (Å²) in [5.74, 6) is 0. The third kappa shape index (κ3) is 7.11. The van der Waals surface area contributed by atoms with Gasteiger partial charge in [-0.1, -0.05) is 21.6 Å². The second-order valence-corrected chi connectivity index (χ2v) is 8.63. The molecule has 0 atom stereocenters. The number of nitrogens with zero attached hydrogens (tertiary/aromatic N) is 2. The lowest BCUT2D eigenvalue weighted by molar-refractivity contribution is 0.696. The molecule has 3 nitrogen and oxygen atoms in total. The maximum Gasteiger partial charge on any atom is 0.0554 e. The van der Waals surface area contributed by atoms with E-state index < -0.39 is 0 Å². The van der Waals surface area contributed by atoms with E-state index in [1.165, 1.54) is 0 Å². The Morgan fingerprint density at radius 3 is 1.71 bits per heavy atom. The van der Waals surface area contributed by atoms with E-state index in [2.05, 4.69) is 55.4 Å². The average molecular weight is 273 g/mol. The van der Waals surface area contributed by atoms with E-state index in [1.54, 1.807) is 0 Å². The summed E-state index contributed by atoms with van der Waals surface area (Å²) in [5.41, 5.74) is 0. The second-order valence-electron chi connectivity index (χ2n) is 5.19. The standard InChI is InChI=1S/C12H23N3S2/c1-11(2)9-14-7-5-13-6-8-15-10-12(3,4)17-16-11/h9-10,13H,5-8H2,1-4H3. The topological polar surface area (TPSA) is 36.8 Å². The minimum absolute atomic E-state index is 0.0732. The third-order valence-electron chi connectivity index (χ3n) is 2.11. The van der Waals surface area contributed by atoms with Gasteiger partial charge in [-0.15, -0.1) is 0 Å². The molecule has 1 rings (SSSR count). The van der Waals surface area contributed by atoms with Crippen molar-refractivity contribution in [1.29, 1.82) is 0 Å². The monoisotopic (exact) mass is 273 g/mol. The van der Waals surface area contributed by atoms with Crippen molar-refractivity contribution in [3.05, 3.63) is 0 Å². The van der Waals surface area contributed by atoms with Gasteiger partial charge in [0.25, 0.3) is 0 Å². The molecule has 0 spiro atoms. The van der Waals surface area contributed by atoms with Crippen molar-refractivity contribution in [2.75, 3.05) is 26.2 Å². The number of hydrogen-bond donors (Lipinski definition) is 1. The Morgan fingerprint density at radius 1 is 0.882 bits per heavy atom. The molecule has 0 aromatic rings. The summed E-state index contributed by atoms with van der Waals surface area (Å²) in [5, 5.41) is 3.34. The van der Waals surface area contributed by atoms with E-state index in [9.17, 15) is 0 Å². The summed E-state index contributed by atoms with van der Waals surface area (Å²) in [6.07, 6.45) is 4.13. The predicted molar refractivity (Wildman–Crippen MR) is 82.9 cm³/mol. The minimum Gasteiger partial charge on any atom is -0.313 e. The molecule has 0 saturated heterocycles. The fourth-order valence-corrected chi connectivity index (χ4v) is 3.45. The van der Waals surface area contributed by atoms with Gasteiger partial charge in [-0.25, -0.2) is 0 Å². The maximum atomic E-state index is 4.47. The molecule has 0 saturated carbocycles. The Hall–Kier alpha value is -0.000000000000000111. The van der Waals surface area contributed by atoms with Crippen LogP contribution in [0.3, 0.4) is 0 Å². The van der Waals surface area contributed by atoms with Crippen LogP contribution in [0, 0.1) is 0 Å². The van der Waals surface area contributed by atoms with Crippen LogP contribution in [0.25, 0.3) is 0 Å². The predicted octanol–water partition coefficient (Wildman–Crippen LogP) is 2.67. The van der Waals surface area contributed by atoms with Gasteiger partial charge in [0.1, 0.15) is 0 Å². The van der Waals surface area contributed by atoms with Gasteiger partial charge in [-0.2, -0.15) is 0 Å². The first-order valence-corrected chi connectivity index (χ1v) is 8.16. The van der Waals surface area contributed by atoms with Gasteiger partial charge in [0.15, 0.2) is 0 Å². The summed E-state index contributed by atoms with van der Waals surface area (Å²) in [7, 11) is 3.73. The highest BCUT2D eigenvalue weighted by molar-refractivity contribution is 8.78. The molecule has 5 heteroatoms.